The van der Waals surface area contributed by atoms with Crippen molar-refractivity contribution in [1.29, 1.82) is 0 Å². The number of methoxy groups -OCH3 is 1. The van der Waals surface area contributed by atoms with Gasteiger partial charge in [-0.25, -0.2) is 9.98 Å². The van der Waals surface area contributed by atoms with Crippen molar-refractivity contribution in [1.82, 2.24) is 25.8 Å². The molecular weight excluding hydrogens is 324 g/mol. The van der Waals surface area contributed by atoms with E-state index in [9.17, 15) is 0 Å². The van der Waals surface area contributed by atoms with Crippen molar-refractivity contribution in [3.05, 3.63) is 30.1 Å². The zero-order chi connectivity index (χ0) is 17.2. The van der Waals surface area contributed by atoms with Crippen LogP contribution < -0.4 is 15.4 Å². The molecule has 3 N–H and O–H groups in total. The Labute approximate surface area is 146 Å². The van der Waals surface area contributed by atoms with Gasteiger partial charge in [0.25, 0.3) is 0 Å². The van der Waals surface area contributed by atoms with Crippen LogP contribution in [0, 0.1) is 0 Å². The predicted octanol–water partition coefficient (Wildman–Crippen LogP) is 1.90. The van der Waals surface area contributed by atoms with Gasteiger partial charge in [0.15, 0.2) is 11.8 Å². The third-order valence-corrected chi connectivity index (χ3v) is 3.82. The number of aromatic nitrogens is 3. The Kier molecular flexibility index (Phi) is 7.41. The molecule has 0 aliphatic rings. The van der Waals surface area contributed by atoms with E-state index in [4.69, 9.17) is 4.74 Å². The number of aliphatic imine (C=N–C) groups is 1. The molecule has 0 unspecified atom stereocenters. The van der Waals surface area contributed by atoms with Crippen molar-refractivity contribution < 1.29 is 4.74 Å². The SMILES string of the molecule is CCNC(=NCc1nc(-c2ccc(OC)cc2)n[nH]1)NCCSC. The smallest absolute Gasteiger partial charge is 0.191 e. The quantitative estimate of drug-likeness (QED) is 0.384. The maximum atomic E-state index is 5.16. The van der Waals surface area contributed by atoms with E-state index in [2.05, 4.69) is 37.1 Å². The lowest BCUT2D eigenvalue weighted by molar-refractivity contribution is 0.415. The molecular formula is C16H24N6OS. The normalized spacial score (nSPS) is 11.4. The number of nitrogens with one attached hydrogen (secondary N) is 3. The molecule has 0 aliphatic heterocycles. The number of nitrogens with zero attached hydrogens (tertiary/aromatic N) is 3. The Bertz CT molecular complexity index is 640. The van der Waals surface area contributed by atoms with Gasteiger partial charge in [-0.15, -0.1) is 0 Å². The molecule has 8 heteroatoms. The molecule has 0 bridgehead atoms. The van der Waals surface area contributed by atoms with Crippen LogP contribution in [-0.2, 0) is 6.54 Å². The molecule has 1 aromatic carbocycles. The minimum atomic E-state index is 0.442. The summed E-state index contributed by atoms with van der Waals surface area (Å²) in [4.78, 5) is 9.01. The van der Waals surface area contributed by atoms with E-state index in [1.165, 1.54) is 0 Å². The largest absolute Gasteiger partial charge is 0.497 e. The van der Waals surface area contributed by atoms with Gasteiger partial charge in [-0.05, 0) is 37.4 Å². The third-order valence-electron chi connectivity index (χ3n) is 3.21. The molecule has 0 fully saturated rings. The topological polar surface area (TPSA) is 87.2 Å². The standard InChI is InChI=1S/C16H24N6OS/c1-4-17-16(18-9-10-24-3)19-11-14-20-15(22-21-14)12-5-7-13(23-2)8-6-12/h5-8H,4,9-11H2,1-3H3,(H2,17,18,19)(H,20,21,22). The summed E-state index contributed by atoms with van der Waals surface area (Å²) < 4.78 is 5.16. The second-order valence-corrected chi connectivity index (χ2v) is 5.93. The van der Waals surface area contributed by atoms with Crippen LogP contribution in [-0.4, -0.2) is 53.3 Å². The Balaban J connectivity index is 1.99. The first-order chi connectivity index (χ1) is 11.8. The van der Waals surface area contributed by atoms with Crippen LogP contribution in [0.4, 0.5) is 0 Å². The lowest BCUT2D eigenvalue weighted by Gasteiger charge is -2.09. The molecule has 0 saturated heterocycles. The molecule has 130 valence electrons. The van der Waals surface area contributed by atoms with Crippen LogP contribution >= 0.6 is 11.8 Å². The second-order valence-electron chi connectivity index (χ2n) is 4.95. The van der Waals surface area contributed by atoms with Gasteiger partial charge >= 0.3 is 0 Å². The number of benzene rings is 1. The summed E-state index contributed by atoms with van der Waals surface area (Å²) in [6.45, 7) is 4.18. The average molecular weight is 348 g/mol. The summed E-state index contributed by atoms with van der Waals surface area (Å²) in [5, 5.41) is 13.7. The van der Waals surface area contributed by atoms with Gasteiger partial charge in [-0.2, -0.15) is 16.9 Å². The van der Waals surface area contributed by atoms with Gasteiger partial charge in [0, 0.05) is 24.4 Å². The van der Waals surface area contributed by atoms with Gasteiger partial charge in [0.05, 0.1) is 7.11 Å². The Morgan fingerprint density at radius 3 is 2.75 bits per heavy atom. The minimum absolute atomic E-state index is 0.442. The summed E-state index contributed by atoms with van der Waals surface area (Å²) in [7, 11) is 1.65. The molecule has 0 aliphatic carbocycles. The van der Waals surface area contributed by atoms with Crippen molar-refractivity contribution in [3.63, 3.8) is 0 Å². The zero-order valence-corrected chi connectivity index (χ0v) is 15.1. The highest BCUT2D eigenvalue weighted by atomic mass is 32.2. The average Bonchev–Trinajstić information content (AvgIpc) is 3.09. The second kappa shape index (κ2) is 9.82. The maximum absolute atomic E-state index is 5.16. The molecule has 24 heavy (non-hydrogen) atoms. The number of aromatic amines is 1. The van der Waals surface area contributed by atoms with Crippen molar-refractivity contribution in [2.45, 2.75) is 13.5 Å². The van der Waals surface area contributed by atoms with Crippen LogP contribution in [0.5, 0.6) is 5.75 Å². The van der Waals surface area contributed by atoms with Crippen molar-refractivity contribution in [2.24, 2.45) is 4.99 Å². The zero-order valence-electron chi connectivity index (χ0n) is 14.3. The van der Waals surface area contributed by atoms with Crippen LogP contribution in [0.25, 0.3) is 11.4 Å². The highest BCUT2D eigenvalue weighted by molar-refractivity contribution is 7.98. The fraction of sp³-hybridized carbons (Fsp3) is 0.438. The number of hydrogen-bond donors (Lipinski definition) is 3. The lowest BCUT2D eigenvalue weighted by Crippen LogP contribution is -2.38. The van der Waals surface area contributed by atoms with Crippen LogP contribution in [0.15, 0.2) is 29.3 Å². The van der Waals surface area contributed by atoms with Gasteiger partial charge in [-0.1, -0.05) is 0 Å². The lowest BCUT2D eigenvalue weighted by atomic mass is 10.2. The number of rotatable bonds is 8. The molecule has 0 amide bonds. The molecule has 7 nitrogen and oxygen atoms in total. The van der Waals surface area contributed by atoms with E-state index in [-0.39, 0.29) is 0 Å². The van der Waals surface area contributed by atoms with Gasteiger partial charge in [0.2, 0.25) is 0 Å². The number of guanidine groups is 1. The molecule has 0 radical (unpaired) electrons. The number of H-pyrrole nitrogens is 1. The molecule has 2 aromatic rings. The number of thioether (sulfide) groups is 1. The van der Waals surface area contributed by atoms with E-state index in [0.29, 0.717) is 12.4 Å². The Morgan fingerprint density at radius 1 is 1.29 bits per heavy atom. The minimum Gasteiger partial charge on any atom is -0.497 e. The Morgan fingerprint density at radius 2 is 2.08 bits per heavy atom. The van der Waals surface area contributed by atoms with Crippen molar-refractivity contribution in [2.75, 3.05) is 32.2 Å². The highest BCUT2D eigenvalue weighted by Gasteiger charge is 2.06. The van der Waals surface area contributed by atoms with E-state index in [1.54, 1.807) is 18.9 Å². The summed E-state index contributed by atoms with van der Waals surface area (Å²) >= 11 is 1.80. The first-order valence-electron chi connectivity index (χ1n) is 7.83. The van der Waals surface area contributed by atoms with Crippen LogP contribution in [0.1, 0.15) is 12.7 Å². The summed E-state index contributed by atoms with van der Waals surface area (Å²) in [6.07, 6.45) is 2.08. The summed E-state index contributed by atoms with van der Waals surface area (Å²) in [5.41, 5.74) is 0.937. The first kappa shape index (κ1) is 18.1. The van der Waals surface area contributed by atoms with Crippen molar-refractivity contribution >= 4 is 17.7 Å². The van der Waals surface area contributed by atoms with Crippen LogP contribution in [0.3, 0.4) is 0 Å². The molecule has 1 heterocycles. The summed E-state index contributed by atoms with van der Waals surface area (Å²) in [6, 6.07) is 7.65. The van der Waals surface area contributed by atoms with Gasteiger partial charge < -0.3 is 15.4 Å². The predicted molar refractivity (Wildman–Crippen MR) is 99.6 cm³/mol. The first-order valence-corrected chi connectivity index (χ1v) is 9.23. The number of hydrogen-bond acceptors (Lipinski definition) is 5. The molecule has 0 saturated carbocycles. The fourth-order valence-electron chi connectivity index (χ4n) is 2.00. The van der Waals surface area contributed by atoms with E-state index in [1.807, 2.05) is 31.2 Å². The van der Waals surface area contributed by atoms with E-state index >= 15 is 0 Å². The monoisotopic (exact) mass is 348 g/mol. The Hall–Kier alpha value is -2.22. The highest BCUT2D eigenvalue weighted by Crippen LogP contribution is 2.18. The fourth-order valence-corrected chi connectivity index (χ4v) is 2.31. The van der Waals surface area contributed by atoms with E-state index < -0.39 is 0 Å². The van der Waals surface area contributed by atoms with Crippen LogP contribution in [0.2, 0.25) is 0 Å². The summed E-state index contributed by atoms with van der Waals surface area (Å²) in [5.74, 6) is 4.01. The van der Waals surface area contributed by atoms with E-state index in [0.717, 1.165) is 41.9 Å². The third kappa shape index (κ3) is 5.45. The number of ether oxygens (including phenoxy) is 1. The molecule has 0 spiro atoms. The van der Waals surface area contributed by atoms with Gasteiger partial charge in [-0.3, -0.25) is 5.10 Å². The van der Waals surface area contributed by atoms with Crippen molar-refractivity contribution in [3.8, 4) is 17.1 Å². The molecule has 1 aromatic heterocycles. The molecule has 2 rings (SSSR count). The molecule has 0 atom stereocenters. The van der Waals surface area contributed by atoms with Gasteiger partial charge in [0.1, 0.15) is 18.1 Å². The maximum Gasteiger partial charge on any atom is 0.191 e.